The van der Waals surface area contributed by atoms with E-state index < -0.39 is 0 Å². The van der Waals surface area contributed by atoms with Crippen LogP contribution in [0, 0.1) is 0 Å². The molecule has 0 unspecified atom stereocenters. The molecule has 0 saturated carbocycles. The van der Waals surface area contributed by atoms with E-state index in [2.05, 4.69) is 206 Å². The maximum absolute atomic E-state index is 2.58. The minimum Gasteiger partial charge on any atom is -1.00 e. The van der Waals surface area contributed by atoms with Crippen molar-refractivity contribution in [3.8, 4) is 0 Å². The quantitative estimate of drug-likeness (QED) is 0.0534. The molecule has 0 heterocycles. The van der Waals surface area contributed by atoms with E-state index in [0.29, 0.717) is 0 Å². The number of unbranched alkanes of at least 4 members (excludes halogenated alkanes) is 8. The van der Waals surface area contributed by atoms with Gasteiger partial charge in [0.05, 0.1) is 0 Å². The Bertz CT molecular complexity index is 1770. The van der Waals surface area contributed by atoms with Crippen LogP contribution in [0.15, 0.2) is 121 Å². The summed E-state index contributed by atoms with van der Waals surface area (Å²) in [6.07, 6.45) is 19.3. The fourth-order valence-electron chi connectivity index (χ4n) is 9.17. The van der Waals surface area contributed by atoms with Gasteiger partial charge in [-0.1, -0.05) is 107 Å². The van der Waals surface area contributed by atoms with Crippen molar-refractivity contribution < 1.29 is 74.4 Å². The maximum atomic E-state index is 2.58. The number of anilines is 10. The molecule has 0 aromatic heterocycles. The first kappa shape index (κ1) is 76.7. The molecule has 3 radical (unpaired) electrons. The van der Waals surface area contributed by atoms with E-state index in [1.165, 1.54) is 148 Å². The Morgan fingerprint density at radius 2 is 0.307 bits per heavy atom. The van der Waals surface area contributed by atoms with Crippen LogP contribution in [0.1, 0.15) is 158 Å². The molecular formula is C62H92Cl6N6Sb-6. The van der Waals surface area contributed by atoms with Crippen LogP contribution in [0.25, 0.3) is 0 Å². The molecule has 75 heavy (non-hydrogen) atoms. The van der Waals surface area contributed by atoms with Crippen molar-refractivity contribution >= 4 is 81.3 Å². The Hall–Kier alpha value is -2.54. The van der Waals surface area contributed by atoms with Gasteiger partial charge in [0, 0.05) is 134 Å². The zero-order valence-electron chi connectivity index (χ0n) is 46.9. The van der Waals surface area contributed by atoms with Crippen molar-refractivity contribution in [2.45, 2.75) is 158 Å². The number of hydrogen-bond acceptors (Lipinski definition) is 6. The number of nitrogens with zero attached hydrogens (tertiary/aromatic N) is 6. The fourth-order valence-corrected chi connectivity index (χ4v) is 9.17. The summed E-state index contributed by atoms with van der Waals surface area (Å²) in [5.74, 6) is 0. The van der Waals surface area contributed by atoms with E-state index in [1.807, 2.05) is 0 Å². The van der Waals surface area contributed by atoms with Crippen LogP contribution in [0.3, 0.4) is 0 Å². The summed E-state index contributed by atoms with van der Waals surface area (Å²) >= 11 is 0. The summed E-state index contributed by atoms with van der Waals surface area (Å²) < 4.78 is 0. The van der Waals surface area contributed by atoms with Crippen LogP contribution in [-0.4, -0.2) is 76.8 Å². The third kappa shape index (κ3) is 24.2. The molecule has 0 amide bonds. The molecule has 423 valence electrons. The minimum absolute atomic E-state index is 0. The van der Waals surface area contributed by atoms with E-state index in [1.54, 1.807) is 0 Å². The van der Waals surface area contributed by atoms with Crippen molar-refractivity contribution in [3.63, 3.8) is 0 Å². The molecule has 0 saturated heterocycles. The largest absolute Gasteiger partial charge is 1.00 e. The van der Waals surface area contributed by atoms with Crippen molar-refractivity contribution in [2.24, 2.45) is 0 Å². The Morgan fingerprint density at radius 3 is 0.413 bits per heavy atom. The van der Waals surface area contributed by atoms with Crippen molar-refractivity contribution in [3.05, 3.63) is 121 Å². The standard InChI is InChI=1S/C62H92N6.6ClH.Sb/c1-9-17-45-63(46-18-10-2)53-25-33-57(34-26-53)67(58-35-27-54(28-36-58)64(47-19-11-3)48-20-12-4)61-41-43-62(44-42-61)68(59-37-29-55(30-38-59)65(49-21-13-5)50-22-14-6)60-39-31-56(32-40-60)66(51-23-15-7)52-24-16-8;;;;;;;/h25-44H,9-24,45-52H2,1-8H3;6*1H;/p-6. The molecule has 0 aliphatic rings. The van der Waals surface area contributed by atoms with E-state index in [4.69, 9.17) is 0 Å². The predicted molar refractivity (Wildman–Crippen MR) is 310 cm³/mol. The van der Waals surface area contributed by atoms with Gasteiger partial charge < -0.3 is 104 Å². The van der Waals surface area contributed by atoms with Gasteiger partial charge in [0.1, 0.15) is 0 Å². The third-order valence-electron chi connectivity index (χ3n) is 13.5. The molecule has 5 aromatic rings. The van der Waals surface area contributed by atoms with Crippen LogP contribution in [0.5, 0.6) is 0 Å². The first-order valence-corrected chi connectivity index (χ1v) is 27.5. The molecule has 0 aliphatic carbocycles. The van der Waals surface area contributed by atoms with Gasteiger partial charge in [-0.3, -0.25) is 0 Å². The Morgan fingerprint density at radius 1 is 0.200 bits per heavy atom. The van der Waals surface area contributed by atoms with Crippen LogP contribution >= 0.6 is 0 Å². The average molecular weight is 1260 g/mol. The first-order valence-electron chi connectivity index (χ1n) is 27.5. The van der Waals surface area contributed by atoms with E-state index in [9.17, 15) is 0 Å². The van der Waals surface area contributed by atoms with Crippen molar-refractivity contribution in [2.75, 3.05) is 81.8 Å². The van der Waals surface area contributed by atoms with E-state index in [0.717, 1.165) is 63.7 Å². The Labute approximate surface area is 512 Å². The van der Waals surface area contributed by atoms with Gasteiger partial charge in [-0.05, 0) is 173 Å². The fraction of sp³-hybridized carbons (Fsp3) is 0.516. The van der Waals surface area contributed by atoms with Crippen LogP contribution < -0.4 is 104 Å². The average Bonchev–Trinajstić information content (AvgIpc) is 3.38. The molecule has 0 N–H and O–H groups in total. The second-order valence-corrected chi connectivity index (χ2v) is 19.0. The van der Waals surface area contributed by atoms with Gasteiger partial charge in [-0.25, -0.2) is 0 Å². The summed E-state index contributed by atoms with van der Waals surface area (Å²) in [7, 11) is 0. The molecule has 0 atom stereocenters. The number of hydrogen-bond donors (Lipinski definition) is 0. The summed E-state index contributed by atoms with van der Waals surface area (Å²) in [6, 6.07) is 46.7. The second-order valence-electron chi connectivity index (χ2n) is 19.0. The zero-order valence-corrected chi connectivity index (χ0v) is 54.0. The molecule has 0 spiro atoms. The Kier molecular flexibility index (Phi) is 45.3. The van der Waals surface area contributed by atoms with Gasteiger partial charge in [-0.2, -0.15) is 0 Å². The van der Waals surface area contributed by atoms with Crippen LogP contribution in [-0.2, 0) is 0 Å². The number of rotatable bonds is 34. The normalized spacial score (nSPS) is 10.1. The van der Waals surface area contributed by atoms with Crippen LogP contribution in [0.4, 0.5) is 56.9 Å². The molecular weight excluding hydrogens is 1160 g/mol. The molecule has 13 heteroatoms. The summed E-state index contributed by atoms with van der Waals surface area (Å²) in [5, 5.41) is 0. The molecule has 6 nitrogen and oxygen atoms in total. The van der Waals surface area contributed by atoms with Gasteiger partial charge in [0.2, 0.25) is 0 Å². The monoisotopic (exact) mass is 1250 g/mol. The number of halogens is 6. The van der Waals surface area contributed by atoms with Crippen LogP contribution in [0.2, 0.25) is 0 Å². The van der Waals surface area contributed by atoms with E-state index >= 15 is 0 Å². The van der Waals surface area contributed by atoms with Gasteiger partial charge in [-0.15, -0.1) is 0 Å². The summed E-state index contributed by atoms with van der Waals surface area (Å²) in [6.45, 7) is 27.1. The molecule has 5 rings (SSSR count). The molecule has 0 bridgehead atoms. The third-order valence-corrected chi connectivity index (χ3v) is 13.5. The van der Waals surface area contributed by atoms with Gasteiger partial charge in [0.25, 0.3) is 0 Å². The SMILES string of the molecule is CCCCN(CCCC)c1ccc(N(c2ccc(N(CCCC)CCCC)cc2)c2ccc(N(c3ccc(N(CCCC)CCCC)cc3)c3ccc(N(CCCC)CCCC)cc3)cc2)cc1.[Cl-].[Cl-].[Cl-].[Cl-].[Cl-].[Cl-].[Sb]. The first-order chi connectivity index (χ1) is 33.4. The van der Waals surface area contributed by atoms with Gasteiger partial charge in [0.15, 0.2) is 0 Å². The molecule has 5 aromatic carbocycles. The predicted octanol–water partition coefficient (Wildman–Crippen LogP) is -0.104. The van der Waals surface area contributed by atoms with Crippen molar-refractivity contribution in [1.82, 2.24) is 0 Å². The maximum Gasteiger partial charge on any atom is 0.0463 e. The van der Waals surface area contributed by atoms with Gasteiger partial charge >= 0.3 is 0 Å². The Balaban J connectivity index is -0.00000741. The molecule has 0 aliphatic heterocycles. The zero-order chi connectivity index (χ0) is 48.4. The number of benzene rings is 5. The smallest absolute Gasteiger partial charge is 0.0463 e. The van der Waals surface area contributed by atoms with E-state index in [-0.39, 0.29) is 98.9 Å². The molecule has 0 fully saturated rings. The summed E-state index contributed by atoms with van der Waals surface area (Å²) in [5.41, 5.74) is 12.2. The van der Waals surface area contributed by atoms with Crippen molar-refractivity contribution in [1.29, 1.82) is 0 Å². The minimum atomic E-state index is 0. The topological polar surface area (TPSA) is 19.4 Å². The second kappa shape index (κ2) is 44.3. The summed E-state index contributed by atoms with van der Waals surface area (Å²) in [4.78, 5) is 15.2.